The zero-order valence-electron chi connectivity index (χ0n) is 12.4. The average molecular weight is 261 g/mol. The van der Waals surface area contributed by atoms with E-state index in [1.807, 2.05) is 0 Å². The van der Waals surface area contributed by atoms with E-state index in [1.165, 1.54) is 50.0 Å². The second-order valence-corrected chi connectivity index (χ2v) is 6.83. The molecule has 0 aromatic carbocycles. The quantitative estimate of drug-likeness (QED) is 0.881. The van der Waals surface area contributed by atoms with Crippen molar-refractivity contribution in [2.45, 2.75) is 71.3 Å². The van der Waals surface area contributed by atoms with E-state index in [-0.39, 0.29) is 0 Å². The van der Waals surface area contributed by atoms with E-state index in [0.29, 0.717) is 6.04 Å². The van der Waals surface area contributed by atoms with Crippen molar-refractivity contribution in [3.63, 3.8) is 0 Å². The van der Waals surface area contributed by atoms with Crippen molar-refractivity contribution in [1.82, 2.24) is 9.55 Å². The van der Waals surface area contributed by atoms with Crippen LogP contribution < -0.4 is 5.73 Å². The zero-order valence-corrected chi connectivity index (χ0v) is 12.4. The predicted molar refractivity (Wildman–Crippen MR) is 79.1 cm³/mol. The summed E-state index contributed by atoms with van der Waals surface area (Å²) in [5.74, 6) is 3.75. The van der Waals surface area contributed by atoms with Crippen LogP contribution in [0.5, 0.6) is 0 Å². The van der Waals surface area contributed by atoms with Gasteiger partial charge in [0.15, 0.2) is 0 Å². The fourth-order valence-electron chi connectivity index (χ4n) is 4.08. The molecule has 3 rings (SSSR count). The summed E-state index contributed by atoms with van der Waals surface area (Å²) in [7, 11) is 0. The molecular formula is C16H27N3. The lowest BCUT2D eigenvalue weighted by molar-refractivity contribution is 0.346. The van der Waals surface area contributed by atoms with Crippen molar-refractivity contribution >= 4 is 5.82 Å². The number of rotatable bonds is 2. The molecule has 1 saturated carbocycles. The molecule has 1 aromatic heterocycles. The monoisotopic (exact) mass is 261 g/mol. The predicted octanol–water partition coefficient (Wildman–Crippen LogP) is 3.73. The van der Waals surface area contributed by atoms with E-state index < -0.39 is 0 Å². The van der Waals surface area contributed by atoms with Crippen LogP contribution in [0.4, 0.5) is 5.82 Å². The van der Waals surface area contributed by atoms with Gasteiger partial charge < -0.3 is 10.3 Å². The summed E-state index contributed by atoms with van der Waals surface area (Å²) >= 11 is 0. The first-order valence-electron chi connectivity index (χ1n) is 8.00. The fourth-order valence-corrected chi connectivity index (χ4v) is 4.08. The molecule has 2 N–H and O–H groups in total. The molecule has 0 amide bonds. The standard InChI is InChI=1S/C16H27N3/c1-11-8-12(2)19-15(9-11)18-14(16(19)17)10-13-6-4-3-5-7-13/h11-13H,3-10,17H2,1-2H3. The maximum atomic E-state index is 6.38. The summed E-state index contributed by atoms with van der Waals surface area (Å²) < 4.78 is 2.30. The summed E-state index contributed by atoms with van der Waals surface area (Å²) in [6, 6.07) is 0.520. The maximum Gasteiger partial charge on any atom is 0.127 e. The largest absolute Gasteiger partial charge is 0.384 e. The van der Waals surface area contributed by atoms with Crippen molar-refractivity contribution in [2.24, 2.45) is 11.8 Å². The van der Waals surface area contributed by atoms with Crippen molar-refractivity contribution in [2.75, 3.05) is 5.73 Å². The van der Waals surface area contributed by atoms with E-state index in [0.717, 1.165) is 30.5 Å². The normalized spacial score (nSPS) is 28.3. The first-order valence-corrected chi connectivity index (χ1v) is 8.00. The van der Waals surface area contributed by atoms with Gasteiger partial charge in [-0.25, -0.2) is 4.98 Å². The molecule has 19 heavy (non-hydrogen) atoms. The van der Waals surface area contributed by atoms with Gasteiger partial charge in [-0.05, 0) is 31.6 Å². The summed E-state index contributed by atoms with van der Waals surface area (Å²) in [5, 5.41) is 0. The van der Waals surface area contributed by atoms with Crippen LogP contribution in [0, 0.1) is 11.8 Å². The number of hydrogen-bond acceptors (Lipinski definition) is 2. The highest BCUT2D eigenvalue weighted by molar-refractivity contribution is 5.40. The van der Waals surface area contributed by atoms with Gasteiger partial charge in [-0.15, -0.1) is 0 Å². The van der Waals surface area contributed by atoms with Gasteiger partial charge in [0.25, 0.3) is 0 Å². The molecule has 1 aliphatic carbocycles. The van der Waals surface area contributed by atoms with Gasteiger partial charge in [-0.1, -0.05) is 39.0 Å². The average Bonchev–Trinajstić information content (AvgIpc) is 2.67. The Morgan fingerprint density at radius 1 is 1.21 bits per heavy atom. The minimum absolute atomic E-state index is 0.520. The highest BCUT2D eigenvalue weighted by Crippen LogP contribution is 2.34. The second kappa shape index (κ2) is 5.18. The molecule has 106 valence electrons. The summed E-state index contributed by atoms with van der Waals surface area (Å²) in [6.07, 6.45) is 10.4. The SMILES string of the molecule is CC1Cc2nc(CC3CCCCC3)c(N)n2C(C)C1. The molecule has 2 heterocycles. The van der Waals surface area contributed by atoms with Gasteiger partial charge in [-0.2, -0.15) is 0 Å². The Hall–Kier alpha value is -0.990. The summed E-state index contributed by atoms with van der Waals surface area (Å²) in [6.45, 7) is 4.60. The van der Waals surface area contributed by atoms with Crippen LogP contribution in [0.15, 0.2) is 0 Å². The molecule has 0 spiro atoms. The number of anilines is 1. The number of nitrogen functional groups attached to an aromatic ring is 1. The minimum atomic E-state index is 0.520. The van der Waals surface area contributed by atoms with E-state index in [2.05, 4.69) is 18.4 Å². The van der Waals surface area contributed by atoms with Gasteiger partial charge in [0.05, 0.1) is 5.69 Å². The number of aromatic nitrogens is 2. The van der Waals surface area contributed by atoms with E-state index in [9.17, 15) is 0 Å². The minimum Gasteiger partial charge on any atom is -0.384 e. The van der Waals surface area contributed by atoms with Gasteiger partial charge >= 0.3 is 0 Å². The van der Waals surface area contributed by atoms with Gasteiger partial charge in [0, 0.05) is 12.5 Å². The van der Waals surface area contributed by atoms with Crippen molar-refractivity contribution < 1.29 is 0 Å². The van der Waals surface area contributed by atoms with Gasteiger partial charge in [0.2, 0.25) is 0 Å². The number of nitrogens with zero attached hydrogens (tertiary/aromatic N) is 2. The van der Waals surface area contributed by atoms with Crippen LogP contribution in [-0.4, -0.2) is 9.55 Å². The van der Waals surface area contributed by atoms with Gasteiger partial charge in [-0.3, -0.25) is 0 Å². The highest BCUT2D eigenvalue weighted by atomic mass is 15.2. The third-order valence-corrected chi connectivity index (χ3v) is 5.02. The molecule has 3 heteroatoms. The highest BCUT2D eigenvalue weighted by Gasteiger charge is 2.27. The number of fused-ring (bicyclic) bond motifs is 1. The van der Waals surface area contributed by atoms with Crippen LogP contribution in [0.1, 0.15) is 69.9 Å². The topological polar surface area (TPSA) is 43.8 Å². The Morgan fingerprint density at radius 2 is 1.95 bits per heavy atom. The Labute approximate surface area is 116 Å². The third kappa shape index (κ3) is 2.52. The molecule has 0 saturated heterocycles. The Bertz CT molecular complexity index is 443. The van der Waals surface area contributed by atoms with E-state index in [4.69, 9.17) is 10.7 Å². The molecule has 2 aliphatic rings. The van der Waals surface area contributed by atoms with Crippen LogP contribution in [0.2, 0.25) is 0 Å². The van der Waals surface area contributed by atoms with Crippen molar-refractivity contribution in [3.05, 3.63) is 11.5 Å². The fraction of sp³-hybridized carbons (Fsp3) is 0.812. The number of hydrogen-bond donors (Lipinski definition) is 1. The van der Waals surface area contributed by atoms with Crippen molar-refractivity contribution in [1.29, 1.82) is 0 Å². The molecule has 0 radical (unpaired) electrons. The molecular weight excluding hydrogens is 234 g/mol. The molecule has 2 unspecified atom stereocenters. The molecule has 0 bridgehead atoms. The lowest BCUT2D eigenvalue weighted by Gasteiger charge is -2.27. The van der Waals surface area contributed by atoms with E-state index >= 15 is 0 Å². The smallest absolute Gasteiger partial charge is 0.127 e. The van der Waals surface area contributed by atoms with E-state index in [1.54, 1.807) is 0 Å². The lowest BCUT2D eigenvalue weighted by Crippen LogP contribution is -2.22. The summed E-state index contributed by atoms with van der Waals surface area (Å²) in [5.41, 5.74) is 7.56. The first-order chi connectivity index (χ1) is 9.15. The Morgan fingerprint density at radius 3 is 2.68 bits per heavy atom. The lowest BCUT2D eigenvalue weighted by atomic mass is 9.86. The van der Waals surface area contributed by atoms with Crippen LogP contribution in [0.3, 0.4) is 0 Å². The first kappa shape index (κ1) is 13.0. The number of imidazole rings is 1. The number of nitrogens with two attached hydrogens (primary N) is 1. The molecule has 1 fully saturated rings. The van der Waals surface area contributed by atoms with Gasteiger partial charge in [0.1, 0.15) is 11.6 Å². The van der Waals surface area contributed by atoms with Crippen LogP contribution >= 0.6 is 0 Å². The Kier molecular flexibility index (Phi) is 3.55. The van der Waals surface area contributed by atoms with Crippen molar-refractivity contribution in [3.8, 4) is 0 Å². The molecule has 3 nitrogen and oxygen atoms in total. The molecule has 2 atom stereocenters. The van der Waals surface area contributed by atoms with Crippen LogP contribution in [0.25, 0.3) is 0 Å². The van der Waals surface area contributed by atoms with Crippen LogP contribution in [-0.2, 0) is 12.8 Å². The second-order valence-electron chi connectivity index (χ2n) is 6.83. The molecule has 1 aliphatic heterocycles. The Balaban J connectivity index is 1.81. The zero-order chi connectivity index (χ0) is 13.4. The third-order valence-electron chi connectivity index (χ3n) is 5.02. The summed E-state index contributed by atoms with van der Waals surface area (Å²) in [4.78, 5) is 4.88. The molecule has 1 aromatic rings. The maximum absolute atomic E-state index is 6.38.